The third-order valence-corrected chi connectivity index (χ3v) is 3.62. The van der Waals surface area contributed by atoms with E-state index in [4.69, 9.17) is 4.52 Å². The summed E-state index contributed by atoms with van der Waals surface area (Å²) < 4.78 is 6.68. The van der Waals surface area contributed by atoms with Crippen molar-refractivity contribution in [3.63, 3.8) is 0 Å². The highest BCUT2D eigenvalue weighted by atomic mass is 79.9. The van der Waals surface area contributed by atoms with Gasteiger partial charge in [-0.3, -0.25) is 4.79 Å². The highest BCUT2D eigenvalue weighted by Gasteiger charge is 2.18. The van der Waals surface area contributed by atoms with Crippen molar-refractivity contribution < 1.29 is 9.32 Å². The van der Waals surface area contributed by atoms with E-state index < -0.39 is 0 Å². The Hall–Kier alpha value is -1.14. The van der Waals surface area contributed by atoms with Gasteiger partial charge in [-0.1, -0.05) is 21.1 Å². The van der Waals surface area contributed by atoms with E-state index in [2.05, 4.69) is 42.3 Å². The maximum Gasteiger partial charge on any atom is 0.261 e. The number of halogens is 2. The van der Waals surface area contributed by atoms with E-state index in [9.17, 15) is 4.79 Å². The predicted octanol–water partition coefficient (Wildman–Crippen LogP) is 4.07. The largest absolute Gasteiger partial charge is 0.361 e. The van der Waals surface area contributed by atoms with Gasteiger partial charge in [0.25, 0.3) is 5.91 Å². The minimum Gasteiger partial charge on any atom is -0.361 e. The number of rotatable bonds is 2. The fourth-order valence-electron chi connectivity index (χ4n) is 1.59. The number of carbonyl (C=O) groups is 1. The second-order valence-corrected chi connectivity index (χ2v) is 5.55. The van der Waals surface area contributed by atoms with Crippen LogP contribution in [0.25, 0.3) is 0 Å². The van der Waals surface area contributed by atoms with E-state index in [0.717, 1.165) is 8.95 Å². The molecule has 1 aromatic heterocycles. The summed E-state index contributed by atoms with van der Waals surface area (Å²) in [4.78, 5) is 12.1. The van der Waals surface area contributed by atoms with Crippen molar-refractivity contribution in [1.82, 2.24) is 5.16 Å². The standard InChI is InChI=1S/C12H10Br2N2O2/c1-6-11(7(2)18-16-6)12(17)15-10-5-8(13)3-4-9(10)14/h3-5H,1-2H3,(H,15,17). The molecule has 1 amide bonds. The summed E-state index contributed by atoms with van der Waals surface area (Å²) in [5, 5.41) is 6.58. The first kappa shape index (κ1) is 13.3. The van der Waals surface area contributed by atoms with E-state index in [0.29, 0.717) is 22.7 Å². The highest BCUT2D eigenvalue weighted by molar-refractivity contribution is 9.11. The Balaban J connectivity index is 2.30. The quantitative estimate of drug-likeness (QED) is 0.863. The average Bonchev–Trinajstić information content (AvgIpc) is 2.63. The molecule has 0 bridgehead atoms. The molecule has 6 heteroatoms. The molecule has 0 spiro atoms. The number of hydrogen-bond acceptors (Lipinski definition) is 3. The number of benzene rings is 1. The molecule has 0 saturated carbocycles. The lowest BCUT2D eigenvalue weighted by Gasteiger charge is -2.07. The van der Waals surface area contributed by atoms with Crippen LogP contribution in [0.15, 0.2) is 31.7 Å². The molecule has 4 nitrogen and oxygen atoms in total. The summed E-state index contributed by atoms with van der Waals surface area (Å²) in [5.74, 6) is 0.279. The molecule has 1 N–H and O–H groups in total. The Bertz CT molecular complexity index is 589. The molecule has 1 aromatic carbocycles. The maximum absolute atomic E-state index is 12.1. The Kier molecular flexibility index (Phi) is 3.87. The highest BCUT2D eigenvalue weighted by Crippen LogP contribution is 2.27. The Morgan fingerprint density at radius 3 is 2.67 bits per heavy atom. The average molecular weight is 374 g/mol. The zero-order chi connectivity index (χ0) is 13.3. The van der Waals surface area contributed by atoms with Crippen molar-refractivity contribution >= 4 is 43.5 Å². The van der Waals surface area contributed by atoms with Crippen LogP contribution in [-0.2, 0) is 0 Å². The number of nitrogens with one attached hydrogen (secondary N) is 1. The second-order valence-electron chi connectivity index (χ2n) is 3.78. The van der Waals surface area contributed by atoms with Crippen molar-refractivity contribution in [2.24, 2.45) is 0 Å². The zero-order valence-corrected chi connectivity index (χ0v) is 12.9. The smallest absolute Gasteiger partial charge is 0.261 e. The molecule has 0 aliphatic heterocycles. The van der Waals surface area contributed by atoms with Gasteiger partial charge in [0.2, 0.25) is 0 Å². The van der Waals surface area contributed by atoms with Crippen molar-refractivity contribution in [3.8, 4) is 0 Å². The monoisotopic (exact) mass is 372 g/mol. The van der Waals surface area contributed by atoms with Gasteiger partial charge in [0.15, 0.2) is 0 Å². The first-order valence-corrected chi connectivity index (χ1v) is 6.77. The van der Waals surface area contributed by atoms with Gasteiger partial charge in [-0.25, -0.2) is 0 Å². The fourth-order valence-corrected chi connectivity index (χ4v) is 2.29. The van der Waals surface area contributed by atoms with Gasteiger partial charge in [0, 0.05) is 8.95 Å². The summed E-state index contributed by atoms with van der Waals surface area (Å²) in [6.45, 7) is 3.45. The van der Waals surface area contributed by atoms with E-state index in [1.165, 1.54) is 0 Å². The van der Waals surface area contributed by atoms with Crippen LogP contribution in [0.4, 0.5) is 5.69 Å². The summed E-state index contributed by atoms with van der Waals surface area (Å²) in [6.07, 6.45) is 0. The molecule has 0 saturated heterocycles. The van der Waals surface area contributed by atoms with Crippen LogP contribution >= 0.6 is 31.9 Å². The van der Waals surface area contributed by atoms with Gasteiger partial charge >= 0.3 is 0 Å². The summed E-state index contributed by atoms with van der Waals surface area (Å²) in [5.41, 5.74) is 1.74. The van der Waals surface area contributed by atoms with Gasteiger partial charge in [0.1, 0.15) is 11.3 Å². The molecular weight excluding hydrogens is 364 g/mol. The molecule has 2 rings (SSSR count). The molecule has 2 aromatic rings. The predicted molar refractivity (Wildman–Crippen MR) is 75.8 cm³/mol. The van der Waals surface area contributed by atoms with Crippen molar-refractivity contribution in [1.29, 1.82) is 0 Å². The number of nitrogens with zero attached hydrogens (tertiary/aromatic N) is 1. The molecule has 0 atom stereocenters. The minimum atomic E-state index is -0.231. The van der Waals surface area contributed by atoms with E-state index in [1.807, 2.05) is 18.2 Å². The van der Waals surface area contributed by atoms with Crippen molar-refractivity contribution in [2.75, 3.05) is 5.32 Å². The molecule has 0 aliphatic carbocycles. The number of carbonyl (C=O) groups excluding carboxylic acids is 1. The van der Waals surface area contributed by atoms with E-state index in [1.54, 1.807) is 13.8 Å². The molecule has 18 heavy (non-hydrogen) atoms. The molecular formula is C12H10Br2N2O2. The van der Waals surface area contributed by atoms with Crippen LogP contribution in [0.2, 0.25) is 0 Å². The fraction of sp³-hybridized carbons (Fsp3) is 0.167. The van der Waals surface area contributed by atoms with Gasteiger partial charge in [-0.05, 0) is 48.0 Å². The number of anilines is 1. The topological polar surface area (TPSA) is 55.1 Å². The zero-order valence-electron chi connectivity index (χ0n) is 9.75. The van der Waals surface area contributed by atoms with Crippen LogP contribution in [-0.4, -0.2) is 11.1 Å². The number of amides is 1. The minimum absolute atomic E-state index is 0.231. The third kappa shape index (κ3) is 2.64. The summed E-state index contributed by atoms with van der Waals surface area (Å²) >= 11 is 6.75. The van der Waals surface area contributed by atoms with Crippen LogP contribution in [0, 0.1) is 13.8 Å². The van der Waals surface area contributed by atoms with Gasteiger partial charge in [-0.15, -0.1) is 0 Å². The number of aromatic nitrogens is 1. The van der Waals surface area contributed by atoms with Crippen molar-refractivity contribution in [2.45, 2.75) is 13.8 Å². The summed E-state index contributed by atoms with van der Waals surface area (Å²) in [7, 11) is 0. The van der Waals surface area contributed by atoms with Crippen LogP contribution < -0.4 is 5.32 Å². The first-order chi connectivity index (χ1) is 8.49. The van der Waals surface area contributed by atoms with Crippen LogP contribution in [0.1, 0.15) is 21.8 Å². The van der Waals surface area contributed by atoms with E-state index >= 15 is 0 Å². The van der Waals surface area contributed by atoms with Crippen molar-refractivity contribution in [3.05, 3.63) is 44.2 Å². The molecule has 0 unspecified atom stereocenters. The molecule has 0 fully saturated rings. The lowest BCUT2D eigenvalue weighted by molar-refractivity contribution is 0.102. The van der Waals surface area contributed by atoms with Gasteiger partial charge in [-0.2, -0.15) is 0 Å². The lowest BCUT2D eigenvalue weighted by Crippen LogP contribution is -2.14. The molecule has 0 radical (unpaired) electrons. The Morgan fingerprint density at radius 1 is 1.33 bits per heavy atom. The maximum atomic E-state index is 12.1. The normalized spacial score (nSPS) is 10.4. The molecule has 0 aliphatic rings. The molecule has 94 valence electrons. The lowest BCUT2D eigenvalue weighted by atomic mass is 10.2. The molecule has 1 heterocycles. The van der Waals surface area contributed by atoms with Gasteiger partial charge < -0.3 is 9.84 Å². The SMILES string of the molecule is Cc1noc(C)c1C(=O)Nc1cc(Br)ccc1Br. The van der Waals surface area contributed by atoms with Crippen LogP contribution in [0.5, 0.6) is 0 Å². The third-order valence-electron chi connectivity index (χ3n) is 2.44. The summed E-state index contributed by atoms with van der Waals surface area (Å²) in [6, 6.07) is 5.56. The number of aryl methyl sites for hydroxylation is 2. The number of hydrogen-bond donors (Lipinski definition) is 1. The van der Waals surface area contributed by atoms with Crippen LogP contribution in [0.3, 0.4) is 0 Å². The van der Waals surface area contributed by atoms with Gasteiger partial charge in [0.05, 0.1) is 11.4 Å². The Morgan fingerprint density at radius 2 is 2.06 bits per heavy atom. The Labute approximate surface area is 121 Å². The van der Waals surface area contributed by atoms with E-state index in [-0.39, 0.29) is 5.91 Å². The second kappa shape index (κ2) is 5.24. The first-order valence-electron chi connectivity index (χ1n) is 5.18.